The lowest BCUT2D eigenvalue weighted by molar-refractivity contribution is 0.342. The molecule has 3 rings (SSSR count). The second-order valence-corrected chi connectivity index (χ2v) is 5.76. The smallest absolute Gasteiger partial charge is 0.197 e. The summed E-state index contributed by atoms with van der Waals surface area (Å²) in [5.41, 5.74) is 1.74. The lowest BCUT2D eigenvalue weighted by Crippen LogP contribution is -2.09. The van der Waals surface area contributed by atoms with Gasteiger partial charge in [-0.1, -0.05) is 30.3 Å². The van der Waals surface area contributed by atoms with Crippen molar-refractivity contribution in [2.24, 2.45) is 0 Å². The van der Waals surface area contributed by atoms with Gasteiger partial charge in [0.05, 0.1) is 27.6 Å². The molecule has 1 unspecified atom stereocenters. The predicted molar refractivity (Wildman–Crippen MR) is 79.3 cm³/mol. The first-order valence-corrected chi connectivity index (χ1v) is 7.66. The van der Waals surface area contributed by atoms with Crippen molar-refractivity contribution in [1.82, 2.24) is 9.97 Å². The Morgan fingerprint density at radius 1 is 1.05 bits per heavy atom. The fourth-order valence-corrected chi connectivity index (χ4v) is 2.74. The van der Waals surface area contributed by atoms with E-state index >= 15 is 0 Å². The molecular weight excluding hydrogens is 272 g/mol. The molecule has 0 aliphatic heterocycles. The zero-order valence-electron chi connectivity index (χ0n) is 10.8. The Morgan fingerprint density at radius 3 is 2.60 bits per heavy atom. The van der Waals surface area contributed by atoms with Gasteiger partial charge >= 0.3 is 0 Å². The van der Waals surface area contributed by atoms with Crippen molar-refractivity contribution in [3.8, 4) is 5.75 Å². The van der Waals surface area contributed by atoms with E-state index in [0.29, 0.717) is 17.5 Å². The highest BCUT2D eigenvalue weighted by Gasteiger charge is 2.09. The van der Waals surface area contributed by atoms with Crippen LogP contribution in [0.1, 0.15) is 0 Å². The first-order chi connectivity index (χ1) is 9.83. The Morgan fingerprint density at radius 2 is 1.80 bits per heavy atom. The van der Waals surface area contributed by atoms with Crippen LogP contribution in [0.15, 0.2) is 59.8 Å². The van der Waals surface area contributed by atoms with Crippen LogP contribution in [-0.2, 0) is 10.8 Å². The normalized spacial score (nSPS) is 12.4. The zero-order chi connectivity index (χ0) is 13.8. The third-order valence-corrected chi connectivity index (χ3v) is 4.03. The summed E-state index contributed by atoms with van der Waals surface area (Å²) in [5.74, 6) is 1.20. The molecule has 102 valence electrons. The van der Waals surface area contributed by atoms with Crippen molar-refractivity contribution in [3.63, 3.8) is 0 Å². The average Bonchev–Trinajstić information content (AvgIpc) is 2.92. The second kappa shape index (κ2) is 5.88. The van der Waals surface area contributed by atoms with Gasteiger partial charge in [0.1, 0.15) is 12.4 Å². The maximum atomic E-state index is 12.1. The number of fused-ring (bicyclic) bond motifs is 1. The summed E-state index contributed by atoms with van der Waals surface area (Å²) < 4.78 is 17.7. The summed E-state index contributed by atoms with van der Waals surface area (Å²) in [6.07, 6.45) is 0. The highest BCUT2D eigenvalue weighted by molar-refractivity contribution is 7.84. The largest absolute Gasteiger partial charge is 0.493 e. The highest BCUT2D eigenvalue weighted by Crippen LogP contribution is 2.13. The first-order valence-electron chi connectivity index (χ1n) is 6.34. The fraction of sp³-hybridized carbons (Fsp3) is 0.133. The van der Waals surface area contributed by atoms with Crippen LogP contribution in [0.4, 0.5) is 0 Å². The van der Waals surface area contributed by atoms with Crippen molar-refractivity contribution >= 4 is 21.8 Å². The molecule has 1 atom stereocenters. The standard InChI is InChI=1S/C15H14N2O2S/c18-20(11-10-19-12-6-2-1-3-7-12)15-16-13-8-4-5-9-14(13)17-15/h1-9H,10-11H2,(H,16,17). The van der Waals surface area contributed by atoms with E-state index in [0.717, 1.165) is 16.8 Å². The molecule has 5 heteroatoms. The lowest BCUT2D eigenvalue weighted by Gasteiger charge is -2.04. The number of aromatic nitrogens is 2. The fourth-order valence-electron chi connectivity index (χ4n) is 1.89. The number of nitrogens with zero attached hydrogens (tertiary/aromatic N) is 1. The third-order valence-electron chi connectivity index (χ3n) is 2.86. The van der Waals surface area contributed by atoms with E-state index in [9.17, 15) is 4.21 Å². The minimum atomic E-state index is -1.18. The molecule has 0 saturated carbocycles. The van der Waals surface area contributed by atoms with E-state index in [2.05, 4.69) is 9.97 Å². The number of hydrogen-bond acceptors (Lipinski definition) is 3. The second-order valence-electron chi connectivity index (χ2n) is 4.27. The molecule has 0 radical (unpaired) electrons. The molecule has 0 spiro atoms. The number of imidazole rings is 1. The summed E-state index contributed by atoms with van der Waals surface area (Å²) in [6, 6.07) is 17.2. The van der Waals surface area contributed by atoms with Crippen LogP contribution in [0, 0.1) is 0 Å². The summed E-state index contributed by atoms with van der Waals surface area (Å²) in [5, 5.41) is 0.503. The van der Waals surface area contributed by atoms with Gasteiger partial charge in [-0.05, 0) is 24.3 Å². The first kappa shape index (κ1) is 12.9. The van der Waals surface area contributed by atoms with E-state index < -0.39 is 10.8 Å². The summed E-state index contributed by atoms with van der Waals surface area (Å²) in [6.45, 7) is 0.396. The average molecular weight is 286 g/mol. The van der Waals surface area contributed by atoms with E-state index in [4.69, 9.17) is 4.74 Å². The van der Waals surface area contributed by atoms with Gasteiger partial charge in [-0.3, -0.25) is 4.21 Å². The molecule has 1 N–H and O–H groups in total. The Hall–Kier alpha value is -2.14. The molecule has 0 fully saturated rings. The quantitative estimate of drug-likeness (QED) is 0.784. The van der Waals surface area contributed by atoms with Crippen LogP contribution < -0.4 is 4.74 Å². The van der Waals surface area contributed by atoms with Gasteiger partial charge in [-0.15, -0.1) is 0 Å². The molecule has 0 aliphatic carbocycles. The van der Waals surface area contributed by atoms with Gasteiger partial charge in [-0.2, -0.15) is 0 Å². The SMILES string of the molecule is O=S(CCOc1ccccc1)c1nc2ccccc2[nH]1. The Bertz CT molecular complexity index is 692. The molecule has 1 aromatic heterocycles. The number of para-hydroxylation sites is 3. The number of benzene rings is 2. The Balaban J connectivity index is 1.61. The van der Waals surface area contributed by atoms with E-state index in [1.165, 1.54) is 0 Å². The van der Waals surface area contributed by atoms with Crippen LogP contribution in [0.25, 0.3) is 11.0 Å². The summed E-state index contributed by atoms with van der Waals surface area (Å²) in [4.78, 5) is 7.40. The molecular formula is C15H14N2O2S. The maximum absolute atomic E-state index is 12.1. The molecule has 0 amide bonds. The maximum Gasteiger partial charge on any atom is 0.197 e. The van der Waals surface area contributed by atoms with Crippen molar-refractivity contribution < 1.29 is 8.95 Å². The van der Waals surface area contributed by atoms with Crippen LogP contribution in [0.5, 0.6) is 5.75 Å². The minimum Gasteiger partial charge on any atom is -0.493 e. The van der Waals surface area contributed by atoms with E-state index in [-0.39, 0.29) is 0 Å². The van der Waals surface area contributed by atoms with Crippen molar-refractivity contribution in [2.45, 2.75) is 5.16 Å². The molecule has 3 aromatic rings. The number of rotatable bonds is 5. The van der Waals surface area contributed by atoms with Crippen molar-refractivity contribution in [1.29, 1.82) is 0 Å². The number of H-pyrrole nitrogens is 1. The summed E-state index contributed by atoms with van der Waals surface area (Å²) >= 11 is 0. The monoisotopic (exact) mass is 286 g/mol. The van der Waals surface area contributed by atoms with Crippen LogP contribution >= 0.6 is 0 Å². The molecule has 4 nitrogen and oxygen atoms in total. The molecule has 20 heavy (non-hydrogen) atoms. The third kappa shape index (κ3) is 2.88. The van der Waals surface area contributed by atoms with Crippen molar-refractivity contribution in [2.75, 3.05) is 12.4 Å². The van der Waals surface area contributed by atoms with Gasteiger partial charge in [0.2, 0.25) is 0 Å². The summed E-state index contributed by atoms with van der Waals surface area (Å²) in [7, 11) is -1.18. The molecule has 1 heterocycles. The predicted octanol–water partition coefficient (Wildman–Crippen LogP) is 2.75. The minimum absolute atomic E-state index is 0.396. The molecule has 0 saturated heterocycles. The number of hydrogen-bond donors (Lipinski definition) is 1. The van der Waals surface area contributed by atoms with E-state index in [1.54, 1.807) is 0 Å². The Kier molecular flexibility index (Phi) is 3.78. The highest BCUT2D eigenvalue weighted by atomic mass is 32.2. The van der Waals surface area contributed by atoms with E-state index in [1.807, 2.05) is 54.6 Å². The Labute approximate surface area is 119 Å². The van der Waals surface area contributed by atoms with Gasteiger partial charge in [0.25, 0.3) is 0 Å². The lowest BCUT2D eigenvalue weighted by atomic mass is 10.3. The molecule has 2 aromatic carbocycles. The number of ether oxygens (including phenoxy) is 1. The zero-order valence-corrected chi connectivity index (χ0v) is 11.6. The topological polar surface area (TPSA) is 55.0 Å². The molecule has 0 bridgehead atoms. The van der Waals surface area contributed by atoms with Crippen LogP contribution in [0.2, 0.25) is 0 Å². The van der Waals surface area contributed by atoms with Gasteiger partial charge in [0.15, 0.2) is 5.16 Å². The van der Waals surface area contributed by atoms with Gasteiger partial charge in [-0.25, -0.2) is 4.98 Å². The van der Waals surface area contributed by atoms with Crippen LogP contribution in [-0.4, -0.2) is 26.5 Å². The molecule has 0 aliphatic rings. The van der Waals surface area contributed by atoms with Gasteiger partial charge in [0, 0.05) is 0 Å². The van der Waals surface area contributed by atoms with Crippen LogP contribution in [0.3, 0.4) is 0 Å². The van der Waals surface area contributed by atoms with Crippen molar-refractivity contribution in [3.05, 3.63) is 54.6 Å². The number of nitrogens with one attached hydrogen (secondary N) is 1. The number of aromatic amines is 1. The van der Waals surface area contributed by atoms with Gasteiger partial charge < -0.3 is 9.72 Å².